The average molecular weight is 531 g/mol. The van der Waals surface area contributed by atoms with Crippen LogP contribution in [0.4, 0.5) is 5.69 Å². The first-order chi connectivity index (χ1) is 17.8. The van der Waals surface area contributed by atoms with Crippen LogP contribution in [0.2, 0.25) is 5.02 Å². The van der Waals surface area contributed by atoms with Gasteiger partial charge in [-0.1, -0.05) is 66.2 Å². The van der Waals surface area contributed by atoms with Crippen LogP contribution < -0.4 is 10.2 Å². The maximum atomic E-state index is 13.7. The van der Waals surface area contributed by atoms with Gasteiger partial charge in [0.2, 0.25) is 9.84 Å². The number of halogens is 1. The van der Waals surface area contributed by atoms with E-state index in [1.54, 1.807) is 36.4 Å². The minimum absolute atomic E-state index is 0.0348. The summed E-state index contributed by atoms with van der Waals surface area (Å²) < 4.78 is 27.3. The summed E-state index contributed by atoms with van der Waals surface area (Å²) in [6, 6.07) is 26.7. The largest absolute Gasteiger partial charge is 0.346 e. The highest BCUT2D eigenvalue weighted by Gasteiger charge is 2.36. The number of carbonyl (C=O) groups is 2. The third-order valence-corrected chi connectivity index (χ3v) is 8.47. The molecule has 4 aromatic carbocycles. The number of benzene rings is 4. The Hall–Kier alpha value is -3.94. The van der Waals surface area contributed by atoms with Gasteiger partial charge in [0.25, 0.3) is 11.8 Å². The normalized spacial score (nSPS) is 14.8. The monoisotopic (exact) mass is 530 g/mol. The maximum absolute atomic E-state index is 13.7. The standard InChI is InChI=1S/C29H23ClN2O4S/c1-19(21-7-3-2-4-8-21)31-28(33)22-13-16-27-25(17-22)32(18-20-11-14-23(30)15-12-20)29(34)24-9-5-6-10-26(24)37(27,35)36/h2-17,19H,18H2,1H3,(H,31,33). The van der Waals surface area contributed by atoms with Gasteiger partial charge in [-0.15, -0.1) is 0 Å². The summed E-state index contributed by atoms with van der Waals surface area (Å²) in [6.07, 6.45) is 0. The Morgan fingerprint density at radius 1 is 0.892 bits per heavy atom. The predicted octanol–water partition coefficient (Wildman–Crippen LogP) is 5.82. The van der Waals surface area contributed by atoms with E-state index in [4.69, 9.17) is 11.6 Å². The molecule has 5 rings (SSSR count). The lowest BCUT2D eigenvalue weighted by molar-refractivity contribution is 0.0937. The number of nitrogens with zero attached hydrogens (tertiary/aromatic N) is 1. The molecule has 1 atom stereocenters. The van der Waals surface area contributed by atoms with Crippen LogP contribution in [0.3, 0.4) is 0 Å². The summed E-state index contributed by atoms with van der Waals surface area (Å²) in [5.41, 5.74) is 2.17. The van der Waals surface area contributed by atoms with E-state index in [1.807, 2.05) is 37.3 Å². The van der Waals surface area contributed by atoms with Gasteiger partial charge in [0.15, 0.2) is 0 Å². The molecule has 1 unspecified atom stereocenters. The van der Waals surface area contributed by atoms with Gasteiger partial charge in [0.1, 0.15) is 0 Å². The summed E-state index contributed by atoms with van der Waals surface area (Å²) in [5, 5.41) is 3.50. The van der Waals surface area contributed by atoms with E-state index in [1.165, 1.54) is 35.2 Å². The minimum atomic E-state index is -4.03. The summed E-state index contributed by atoms with van der Waals surface area (Å²) in [5.74, 6) is -0.847. The summed E-state index contributed by atoms with van der Waals surface area (Å²) >= 11 is 6.03. The van der Waals surface area contributed by atoms with Crippen LogP contribution in [0.15, 0.2) is 107 Å². The molecule has 2 amide bonds. The van der Waals surface area contributed by atoms with Crippen molar-refractivity contribution in [2.75, 3.05) is 4.90 Å². The fourth-order valence-corrected chi connectivity index (χ4v) is 6.14. The molecule has 0 spiro atoms. The Balaban J connectivity index is 1.60. The third kappa shape index (κ3) is 4.75. The Labute approximate surface area is 220 Å². The SMILES string of the molecule is CC(NC(=O)c1ccc2c(c1)N(Cc1ccc(Cl)cc1)C(=O)c1ccccc1S2(=O)=O)c1ccccc1. The predicted molar refractivity (Wildman–Crippen MR) is 143 cm³/mol. The molecular formula is C29H23ClN2O4S. The Kier molecular flexibility index (Phi) is 6.58. The van der Waals surface area contributed by atoms with Gasteiger partial charge in [-0.05, 0) is 60.5 Å². The van der Waals surface area contributed by atoms with Crippen LogP contribution in [0.25, 0.3) is 0 Å². The van der Waals surface area contributed by atoms with Crippen molar-refractivity contribution in [1.82, 2.24) is 5.32 Å². The van der Waals surface area contributed by atoms with Crippen molar-refractivity contribution in [3.8, 4) is 0 Å². The van der Waals surface area contributed by atoms with Crippen LogP contribution in [0.1, 0.15) is 44.8 Å². The van der Waals surface area contributed by atoms with Crippen molar-refractivity contribution < 1.29 is 18.0 Å². The van der Waals surface area contributed by atoms with Gasteiger partial charge < -0.3 is 10.2 Å². The number of hydrogen-bond donors (Lipinski definition) is 1. The second-order valence-corrected chi connectivity index (χ2v) is 11.1. The van der Waals surface area contributed by atoms with E-state index < -0.39 is 15.7 Å². The molecule has 0 radical (unpaired) electrons. The zero-order valence-corrected chi connectivity index (χ0v) is 21.5. The van der Waals surface area contributed by atoms with Crippen LogP contribution in [-0.4, -0.2) is 20.2 Å². The number of anilines is 1. The molecule has 1 aliphatic rings. The quantitative estimate of drug-likeness (QED) is 0.352. The van der Waals surface area contributed by atoms with E-state index in [0.29, 0.717) is 5.02 Å². The van der Waals surface area contributed by atoms with Crippen molar-refractivity contribution in [3.63, 3.8) is 0 Å². The Bertz CT molecular complexity index is 1600. The molecule has 1 N–H and O–H groups in total. The number of amides is 2. The van der Waals surface area contributed by atoms with E-state index in [9.17, 15) is 18.0 Å². The molecular weight excluding hydrogens is 508 g/mol. The smallest absolute Gasteiger partial charge is 0.259 e. The van der Waals surface area contributed by atoms with Gasteiger partial charge in [0, 0.05) is 10.6 Å². The first-order valence-electron chi connectivity index (χ1n) is 11.7. The molecule has 0 bridgehead atoms. The van der Waals surface area contributed by atoms with Crippen LogP contribution >= 0.6 is 11.6 Å². The second kappa shape index (κ2) is 9.84. The fraction of sp³-hybridized carbons (Fsp3) is 0.103. The molecule has 37 heavy (non-hydrogen) atoms. The van der Waals surface area contributed by atoms with Crippen LogP contribution in [0, 0.1) is 0 Å². The molecule has 1 aliphatic heterocycles. The van der Waals surface area contributed by atoms with Crippen molar-refractivity contribution in [1.29, 1.82) is 0 Å². The first-order valence-corrected chi connectivity index (χ1v) is 13.5. The Morgan fingerprint density at radius 3 is 2.30 bits per heavy atom. The lowest BCUT2D eigenvalue weighted by atomic mass is 10.1. The topological polar surface area (TPSA) is 83.6 Å². The molecule has 1 heterocycles. The lowest BCUT2D eigenvalue weighted by Gasteiger charge is -2.24. The van der Waals surface area contributed by atoms with E-state index in [0.717, 1.165) is 11.1 Å². The molecule has 8 heteroatoms. The van der Waals surface area contributed by atoms with Crippen LogP contribution in [-0.2, 0) is 16.4 Å². The third-order valence-electron chi connectivity index (χ3n) is 6.35. The first kappa shape index (κ1) is 24.7. The summed E-state index contributed by atoms with van der Waals surface area (Å²) in [4.78, 5) is 28.2. The summed E-state index contributed by atoms with van der Waals surface area (Å²) in [6.45, 7) is 1.96. The van der Waals surface area contributed by atoms with Crippen molar-refractivity contribution in [3.05, 3.63) is 124 Å². The van der Waals surface area contributed by atoms with Crippen molar-refractivity contribution >= 4 is 38.9 Å². The molecule has 0 aromatic heterocycles. The zero-order valence-electron chi connectivity index (χ0n) is 19.9. The highest BCUT2D eigenvalue weighted by molar-refractivity contribution is 7.91. The minimum Gasteiger partial charge on any atom is -0.346 e. The fourth-order valence-electron chi connectivity index (χ4n) is 4.38. The summed E-state index contributed by atoms with van der Waals surface area (Å²) in [7, 11) is -4.03. The molecule has 6 nitrogen and oxygen atoms in total. The number of rotatable bonds is 5. The molecule has 0 saturated heterocycles. The molecule has 0 saturated carbocycles. The second-order valence-electron chi connectivity index (χ2n) is 8.81. The highest BCUT2D eigenvalue weighted by Crippen LogP contribution is 2.38. The number of carbonyl (C=O) groups excluding carboxylic acids is 2. The zero-order chi connectivity index (χ0) is 26.2. The van der Waals surface area contributed by atoms with Gasteiger partial charge >= 0.3 is 0 Å². The number of hydrogen-bond acceptors (Lipinski definition) is 4. The van der Waals surface area contributed by atoms with Gasteiger partial charge in [0.05, 0.1) is 33.6 Å². The Morgan fingerprint density at radius 2 is 1.57 bits per heavy atom. The van der Waals surface area contributed by atoms with Gasteiger partial charge in [-0.3, -0.25) is 9.59 Å². The number of nitrogens with one attached hydrogen (secondary N) is 1. The van der Waals surface area contributed by atoms with Gasteiger partial charge in [-0.2, -0.15) is 0 Å². The maximum Gasteiger partial charge on any atom is 0.259 e. The molecule has 0 aliphatic carbocycles. The number of sulfone groups is 1. The molecule has 4 aromatic rings. The van der Waals surface area contributed by atoms with Crippen molar-refractivity contribution in [2.45, 2.75) is 29.3 Å². The molecule has 186 valence electrons. The lowest BCUT2D eigenvalue weighted by Crippen LogP contribution is -2.31. The van der Waals surface area contributed by atoms with Crippen molar-refractivity contribution in [2.24, 2.45) is 0 Å². The van der Waals surface area contributed by atoms with E-state index in [-0.39, 0.29) is 45.1 Å². The molecule has 0 fully saturated rings. The highest BCUT2D eigenvalue weighted by atomic mass is 35.5. The van der Waals surface area contributed by atoms with E-state index in [2.05, 4.69) is 5.32 Å². The van der Waals surface area contributed by atoms with Gasteiger partial charge in [-0.25, -0.2) is 8.42 Å². The van der Waals surface area contributed by atoms with E-state index >= 15 is 0 Å². The average Bonchev–Trinajstić information content (AvgIpc) is 2.98. The number of fused-ring (bicyclic) bond motifs is 2. The van der Waals surface area contributed by atoms with Crippen LogP contribution in [0.5, 0.6) is 0 Å².